The first-order valence-electron chi connectivity index (χ1n) is 8.33. The maximum atomic E-state index is 12.5. The molecule has 3 rings (SSSR count). The third-order valence-corrected chi connectivity index (χ3v) is 4.67. The second kappa shape index (κ2) is 6.98. The third-order valence-electron chi connectivity index (χ3n) is 4.67. The van der Waals surface area contributed by atoms with Crippen molar-refractivity contribution in [3.05, 3.63) is 30.1 Å². The van der Waals surface area contributed by atoms with Crippen LogP contribution < -0.4 is 0 Å². The van der Waals surface area contributed by atoms with Crippen LogP contribution in [0.3, 0.4) is 0 Å². The lowest BCUT2D eigenvalue weighted by molar-refractivity contribution is -0.133. The predicted octanol–water partition coefficient (Wildman–Crippen LogP) is 1.42. The maximum Gasteiger partial charge on any atom is 0.326 e. The van der Waals surface area contributed by atoms with E-state index >= 15 is 0 Å². The summed E-state index contributed by atoms with van der Waals surface area (Å²) in [7, 11) is 1.61. The Bertz CT molecular complexity index is 634. The molecule has 7 nitrogen and oxygen atoms in total. The smallest absolute Gasteiger partial charge is 0.326 e. The lowest BCUT2D eigenvalue weighted by atomic mass is 10.1. The zero-order valence-corrected chi connectivity index (χ0v) is 13.9. The number of urea groups is 1. The number of nitrogens with zero attached hydrogens (tertiary/aromatic N) is 4. The van der Waals surface area contributed by atoms with Gasteiger partial charge in [-0.2, -0.15) is 0 Å². The average Bonchev–Trinajstić information content (AvgIpc) is 3.16. The zero-order valence-electron chi connectivity index (χ0n) is 13.9. The van der Waals surface area contributed by atoms with E-state index in [2.05, 4.69) is 4.98 Å². The normalized spacial score (nSPS) is 21.0. The van der Waals surface area contributed by atoms with E-state index < -0.39 is 0 Å². The van der Waals surface area contributed by atoms with E-state index in [1.54, 1.807) is 19.4 Å². The summed E-state index contributed by atoms with van der Waals surface area (Å²) in [6.45, 7) is 1.20. The van der Waals surface area contributed by atoms with Gasteiger partial charge in [-0.25, -0.2) is 4.79 Å². The second-order valence-electron chi connectivity index (χ2n) is 6.31. The molecule has 0 N–H and O–H groups in total. The van der Waals surface area contributed by atoms with Crippen LogP contribution >= 0.6 is 0 Å². The molecule has 0 radical (unpaired) electrons. The van der Waals surface area contributed by atoms with E-state index in [1.165, 1.54) is 9.80 Å². The summed E-state index contributed by atoms with van der Waals surface area (Å²) in [4.78, 5) is 44.6. The molecule has 7 heteroatoms. The molecule has 0 bridgehead atoms. The topological polar surface area (TPSA) is 73.8 Å². The molecule has 2 saturated heterocycles. The van der Waals surface area contributed by atoms with Crippen LogP contribution in [0, 0.1) is 0 Å². The van der Waals surface area contributed by atoms with Crippen LogP contribution in [0.15, 0.2) is 24.5 Å². The van der Waals surface area contributed by atoms with E-state index in [9.17, 15) is 14.4 Å². The van der Waals surface area contributed by atoms with Crippen LogP contribution in [0.1, 0.15) is 37.3 Å². The maximum absolute atomic E-state index is 12.5. The van der Waals surface area contributed by atoms with Crippen LogP contribution in [-0.2, 0) is 9.59 Å². The van der Waals surface area contributed by atoms with Crippen molar-refractivity contribution in [3.8, 4) is 0 Å². The van der Waals surface area contributed by atoms with Gasteiger partial charge in [-0.1, -0.05) is 0 Å². The van der Waals surface area contributed by atoms with E-state index in [1.807, 2.05) is 17.0 Å². The largest absolute Gasteiger partial charge is 0.336 e. The molecule has 4 amide bonds. The first-order chi connectivity index (χ1) is 11.6. The highest BCUT2D eigenvalue weighted by Crippen LogP contribution is 2.32. The molecular weight excluding hydrogens is 308 g/mol. The Kier molecular flexibility index (Phi) is 4.78. The number of carbonyl (C=O) groups excluding carboxylic acids is 3. The van der Waals surface area contributed by atoms with Gasteiger partial charge in [0.05, 0.1) is 6.04 Å². The number of pyridine rings is 1. The molecule has 0 aromatic carbocycles. The number of hydrogen-bond acceptors (Lipinski definition) is 4. The van der Waals surface area contributed by atoms with E-state index in [-0.39, 0.29) is 30.4 Å². The minimum Gasteiger partial charge on any atom is -0.336 e. The SMILES string of the molecule is CN1CC(=O)N(CCCC(=O)N2CCCC2c2ccncc2)C1=O. The van der Waals surface area contributed by atoms with Gasteiger partial charge in [0.2, 0.25) is 11.8 Å². The van der Waals surface area contributed by atoms with Crippen LogP contribution in [0.5, 0.6) is 0 Å². The molecule has 0 saturated carbocycles. The molecule has 2 aliphatic heterocycles. The minimum atomic E-state index is -0.275. The first-order valence-corrected chi connectivity index (χ1v) is 8.33. The van der Waals surface area contributed by atoms with Crippen LogP contribution in [0.4, 0.5) is 4.79 Å². The molecule has 1 aromatic heterocycles. The van der Waals surface area contributed by atoms with Crippen LogP contribution in [-0.4, -0.2) is 64.2 Å². The molecule has 1 aromatic rings. The number of likely N-dealkylation sites (tertiary alicyclic amines) is 1. The Morgan fingerprint density at radius 3 is 2.71 bits per heavy atom. The third kappa shape index (κ3) is 3.25. The predicted molar refractivity (Wildman–Crippen MR) is 86.9 cm³/mol. The summed E-state index contributed by atoms with van der Waals surface area (Å²) in [6, 6.07) is 3.74. The zero-order chi connectivity index (χ0) is 17.1. The Labute approximate surface area is 141 Å². The summed E-state index contributed by atoms with van der Waals surface area (Å²) in [5, 5.41) is 0. The molecule has 128 valence electrons. The molecular formula is C17H22N4O3. The molecule has 0 spiro atoms. The number of carbonyl (C=O) groups is 3. The van der Waals surface area contributed by atoms with Gasteiger partial charge in [0.15, 0.2) is 0 Å². The van der Waals surface area contributed by atoms with Gasteiger partial charge in [-0.3, -0.25) is 19.5 Å². The van der Waals surface area contributed by atoms with Gasteiger partial charge >= 0.3 is 6.03 Å². The van der Waals surface area contributed by atoms with Crippen molar-refractivity contribution in [3.63, 3.8) is 0 Å². The summed E-state index contributed by atoms with van der Waals surface area (Å²) >= 11 is 0. The molecule has 1 unspecified atom stereocenters. The monoisotopic (exact) mass is 330 g/mol. The van der Waals surface area contributed by atoms with Crippen molar-refractivity contribution in [1.29, 1.82) is 0 Å². The number of amides is 4. The Morgan fingerprint density at radius 2 is 2.04 bits per heavy atom. The Morgan fingerprint density at radius 1 is 1.29 bits per heavy atom. The minimum absolute atomic E-state index is 0.0850. The average molecular weight is 330 g/mol. The fraction of sp³-hybridized carbons (Fsp3) is 0.529. The van der Waals surface area contributed by atoms with Gasteiger partial charge in [0.1, 0.15) is 6.54 Å². The number of rotatable bonds is 5. The summed E-state index contributed by atoms with van der Waals surface area (Å²) < 4.78 is 0. The lowest BCUT2D eigenvalue weighted by Crippen LogP contribution is -2.34. The quantitative estimate of drug-likeness (QED) is 0.765. The van der Waals surface area contributed by atoms with E-state index in [0.29, 0.717) is 19.4 Å². The van der Waals surface area contributed by atoms with Crippen molar-refractivity contribution in [2.75, 3.05) is 26.7 Å². The Hall–Kier alpha value is -2.44. The van der Waals surface area contributed by atoms with Gasteiger partial charge in [-0.05, 0) is 37.0 Å². The Balaban J connectivity index is 1.53. The van der Waals surface area contributed by atoms with E-state index in [0.717, 1.165) is 24.9 Å². The lowest BCUT2D eigenvalue weighted by Gasteiger charge is -2.25. The fourth-order valence-electron chi connectivity index (χ4n) is 3.42. The summed E-state index contributed by atoms with van der Waals surface area (Å²) in [6.07, 6.45) is 6.30. The number of likely N-dealkylation sites (N-methyl/N-ethyl adjacent to an activating group) is 1. The molecule has 2 fully saturated rings. The highest BCUT2D eigenvalue weighted by atomic mass is 16.2. The number of imide groups is 1. The molecule has 24 heavy (non-hydrogen) atoms. The van der Waals surface area contributed by atoms with Crippen molar-refractivity contribution >= 4 is 17.8 Å². The van der Waals surface area contributed by atoms with Crippen molar-refractivity contribution in [2.45, 2.75) is 31.7 Å². The van der Waals surface area contributed by atoms with Crippen molar-refractivity contribution < 1.29 is 14.4 Å². The van der Waals surface area contributed by atoms with Gasteiger partial charge in [-0.15, -0.1) is 0 Å². The van der Waals surface area contributed by atoms with Crippen molar-refractivity contribution in [1.82, 2.24) is 19.7 Å². The standard InChI is InChI=1S/C17H22N4O3/c1-19-12-16(23)21(17(19)24)11-3-5-15(22)20-10-2-4-14(20)13-6-8-18-9-7-13/h6-9,14H,2-5,10-12H2,1H3. The number of hydrogen-bond donors (Lipinski definition) is 0. The fourth-order valence-corrected chi connectivity index (χ4v) is 3.42. The van der Waals surface area contributed by atoms with Crippen LogP contribution in [0.2, 0.25) is 0 Å². The van der Waals surface area contributed by atoms with Crippen molar-refractivity contribution in [2.24, 2.45) is 0 Å². The highest BCUT2D eigenvalue weighted by Gasteiger charge is 2.34. The van der Waals surface area contributed by atoms with Gasteiger partial charge in [0.25, 0.3) is 0 Å². The van der Waals surface area contributed by atoms with E-state index in [4.69, 9.17) is 0 Å². The number of aromatic nitrogens is 1. The summed E-state index contributed by atoms with van der Waals surface area (Å²) in [5.74, 6) is -0.104. The summed E-state index contributed by atoms with van der Waals surface area (Å²) in [5.41, 5.74) is 1.11. The highest BCUT2D eigenvalue weighted by molar-refractivity contribution is 6.01. The molecule has 3 heterocycles. The first kappa shape index (κ1) is 16.4. The van der Waals surface area contributed by atoms with Crippen LogP contribution in [0.25, 0.3) is 0 Å². The molecule has 0 aliphatic carbocycles. The second-order valence-corrected chi connectivity index (χ2v) is 6.31. The van der Waals surface area contributed by atoms with Gasteiger partial charge < -0.3 is 9.80 Å². The molecule has 2 aliphatic rings. The van der Waals surface area contributed by atoms with Gasteiger partial charge in [0, 0.05) is 39.0 Å². The molecule has 1 atom stereocenters.